The largest absolute Gasteiger partial charge is 0.350 e. The van der Waals surface area contributed by atoms with E-state index in [0.29, 0.717) is 12.5 Å². The summed E-state index contributed by atoms with van der Waals surface area (Å²) < 4.78 is 29.4. The fourth-order valence-electron chi connectivity index (χ4n) is 5.45. The Morgan fingerprint density at radius 3 is 2.39 bits per heavy atom. The fraction of sp³-hybridized carbons (Fsp3) is 0.423. The van der Waals surface area contributed by atoms with Crippen molar-refractivity contribution in [3.8, 4) is 0 Å². The maximum Gasteiger partial charge on any atom is 0.237 e. The molecule has 33 heavy (non-hydrogen) atoms. The number of anilines is 1. The van der Waals surface area contributed by atoms with Gasteiger partial charge in [-0.15, -0.1) is 12.4 Å². The maximum atomic E-state index is 13.8. The van der Waals surface area contributed by atoms with Crippen molar-refractivity contribution < 1.29 is 13.6 Å². The van der Waals surface area contributed by atoms with E-state index in [4.69, 9.17) is 0 Å². The summed E-state index contributed by atoms with van der Waals surface area (Å²) in [5.41, 5.74) is 3.15. The van der Waals surface area contributed by atoms with Crippen LogP contribution in [0, 0.1) is 11.6 Å². The fourth-order valence-corrected chi connectivity index (χ4v) is 5.45. The van der Waals surface area contributed by atoms with Gasteiger partial charge in [0, 0.05) is 37.4 Å². The molecule has 2 aliphatic rings. The molecule has 2 aromatic carbocycles. The lowest BCUT2D eigenvalue weighted by molar-refractivity contribution is -0.122. The lowest BCUT2D eigenvalue weighted by Crippen LogP contribution is -2.43. The van der Waals surface area contributed by atoms with Crippen molar-refractivity contribution in [3.05, 3.63) is 65.4 Å². The quantitative estimate of drug-likeness (QED) is 0.508. The summed E-state index contributed by atoms with van der Waals surface area (Å²) in [6.45, 7) is 7.07. The Hall–Kier alpha value is -2.44. The van der Waals surface area contributed by atoms with Gasteiger partial charge in [0.25, 0.3) is 0 Å². The van der Waals surface area contributed by atoms with Crippen molar-refractivity contribution >= 4 is 34.9 Å². The van der Waals surface area contributed by atoms with Crippen LogP contribution in [-0.4, -0.2) is 41.6 Å². The number of carbonyl (C=O) groups excluding carboxylic acids is 1. The van der Waals surface area contributed by atoms with Gasteiger partial charge in [-0.25, -0.2) is 8.78 Å². The number of aromatic nitrogens is 1. The van der Waals surface area contributed by atoms with E-state index < -0.39 is 5.41 Å². The number of hydrogen-bond acceptors (Lipinski definition) is 2. The number of piperidine rings is 1. The molecule has 5 rings (SSSR count). The molecule has 1 amide bonds. The van der Waals surface area contributed by atoms with Crippen LogP contribution in [0.2, 0.25) is 0 Å². The topological polar surface area (TPSA) is 28.5 Å². The Labute approximate surface area is 199 Å². The van der Waals surface area contributed by atoms with Crippen LogP contribution in [0.15, 0.2) is 42.6 Å². The molecule has 0 aliphatic carbocycles. The van der Waals surface area contributed by atoms with Crippen LogP contribution >= 0.6 is 12.4 Å². The number of fused-ring (bicyclic) bond motifs is 2. The molecular formula is C26H30ClF2N3O. The lowest BCUT2D eigenvalue weighted by Gasteiger charge is -2.33. The van der Waals surface area contributed by atoms with Gasteiger partial charge < -0.3 is 14.4 Å². The van der Waals surface area contributed by atoms with Crippen LogP contribution < -0.4 is 4.90 Å². The zero-order valence-electron chi connectivity index (χ0n) is 19.3. The molecule has 0 spiro atoms. The van der Waals surface area contributed by atoms with Crippen molar-refractivity contribution in [2.75, 3.05) is 31.1 Å². The number of benzene rings is 2. The molecule has 3 heterocycles. The minimum atomic E-state index is -0.696. The minimum Gasteiger partial charge on any atom is -0.350 e. The van der Waals surface area contributed by atoms with Gasteiger partial charge in [0.1, 0.15) is 11.6 Å². The van der Waals surface area contributed by atoms with E-state index in [2.05, 4.69) is 11.1 Å². The van der Waals surface area contributed by atoms with Gasteiger partial charge in [-0.1, -0.05) is 0 Å². The van der Waals surface area contributed by atoms with E-state index in [-0.39, 0.29) is 29.9 Å². The average molecular weight is 474 g/mol. The minimum absolute atomic E-state index is 0. The number of halogens is 3. The summed E-state index contributed by atoms with van der Waals surface area (Å²) in [5.74, 6) is -0.0128. The van der Waals surface area contributed by atoms with Crippen molar-refractivity contribution in [2.45, 2.75) is 38.0 Å². The molecule has 7 heteroatoms. The SMILES string of the molecule is Cl.Cn1cc(C2CCN(CCN3C(=O)C(C)(C)c4cc(F)ccc43)CC2)c2ccc(F)cc21. The van der Waals surface area contributed by atoms with E-state index in [1.165, 1.54) is 17.7 Å². The van der Waals surface area contributed by atoms with Crippen LogP contribution in [0.3, 0.4) is 0 Å². The van der Waals surface area contributed by atoms with E-state index in [0.717, 1.165) is 54.6 Å². The Balaban J connectivity index is 0.00000259. The normalized spacial score (nSPS) is 18.6. The van der Waals surface area contributed by atoms with Gasteiger partial charge in [-0.3, -0.25) is 4.79 Å². The molecule has 176 valence electrons. The number of hydrogen-bond donors (Lipinski definition) is 0. The highest BCUT2D eigenvalue weighted by Crippen LogP contribution is 2.42. The third-order valence-electron chi connectivity index (χ3n) is 7.35. The highest BCUT2D eigenvalue weighted by Gasteiger charge is 2.44. The Bertz CT molecular complexity index is 1200. The average Bonchev–Trinajstić information content (AvgIpc) is 3.19. The molecule has 1 aromatic heterocycles. The lowest BCUT2D eigenvalue weighted by atomic mass is 9.86. The highest BCUT2D eigenvalue weighted by molar-refractivity contribution is 6.07. The molecule has 4 nitrogen and oxygen atoms in total. The van der Waals surface area contributed by atoms with Gasteiger partial charge in [-0.2, -0.15) is 0 Å². The number of aryl methyl sites for hydroxylation is 1. The third-order valence-corrected chi connectivity index (χ3v) is 7.35. The van der Waals surface area contributed by atoms with E-state index >= 15 is 0 Å². The zero-order chi connectivity index (χ0) is 22.6. The Kier molecular flexibility index (Phi) is 6.27. The van der Waals surface area contributed by atoms with Gasteiger partial charge in [0.2, 0.25) is 5.91 Å². The Morgan fingerprint density at radius 2 is 1.67 bits per heavy atom. The van der Waals surface area contributed by atoms with Crippen molar-refractivity contribution in [1.29, 1.82) is 0 Å². The monoisotopic (exact) mass is 473 g/mol. The second kappa shape index (κ2) is 8.73. The summed E-state index contributed by atoms with van der Waals surface area (Å²) in [4.78, 5) is 17.2. The molecule has 0 saturated carbocycles. The zero-order valence-corrected chi connectivity index (χ0v) is 20.1. The first-order valence-electron chi connectivity index (χ1n) is 11.3. The molecule has 1 fully saturated rings. The van der Waals surface area contributed by atoms with Crippen molar-refractivity contribution in [2.24, 2.45) is 7.05 Å². The van der Waals surface area contributed by atoms with E-state index in [1.807, 2.05) is 36.4 Å². The molecular weight excluding hydrogens is 444 g/mol. The van der Waals surface area contributed by atoms with Gasteiger partial charge in [0.15, 0.2) is 0 Å². The summed E-state index contributed by atoms with van der Waals surface area (Å²) in [6, 6.07) is 9.70. The van der Waals surface area contributed by atoms with E-state index in [1.54, 1.807) is 18.2 Å². The third kappa shape index (κ3) is 4.04. The summed E-state index contributed by atoms with van der Waals surface area (Å²) in [6.07, 6.45) is 4.22. The van der Waals surface area contributed by atoms with Crippen LogP contribution in [-0.2, 0) is 17.3 Å². The summed E-state index contributed by atoms with van der Waals surface area (Å²) >= 11 is 0. The smallest absolute Gasteiger partial charge is 0.237 e. The molecule has 0 radical (unpaired) electrons. The second-order valence-corrected chi connectivity index (χ2v) is 9.72. The summed E-state index contributed by atoms with van der Waals surface area (Å²) in [5, 5.41) is 1.14. The summed E-state index contributed by atoms with van der Waals surface area (Å²) in [7, 11) is 1.97. The molecule has 3 aromatic rings. The second-order valence-electron chi connectivity index (χ2n) is 9.72. The predicted molar refractivity (Wildman–Crippen MR) is 130 cm³/mol. The number of rotatable bonds is 4. The van der Waals surface area contributed by atoms with Gasteiger partial charge >= 0.3 is 0 Å². The van der Waals surface area contributed by atoms with Gasteiger partial charge in [0.05, 0.1) is 10.9 Å². The van der Waals surface area contributed by atoms with E-state index in [9.17, 15) is 13.6 Å². The maximum absolute atomic E-state index is 13.8. The number of carbonyl (C=O) groups is 1. The molecule has 2 aliphatic heterocycles. The first-order valence-corrected chi connectivity index (χ1v) is 11.3. The first-order chi connectivity index (χ1) is 15.3. The van der Waals surface area contributed by atoms with Gasteiger partial charge in [-0.05, 0) is 93.2 Å². The molecule has 0 N–H and O–H groups in total. The van der Waals surface area contributed by atoms with Crippen LogP contribution in [0.1, 0.15) is 43.7 Å². The van der Waals surface area contributed by atoms with Crippen LogP contribution in [0.5, 0.6) is 0 Å². The highest BCUT2D eigenvalue weighted by atomic mass is 35.5. The molecule has 0 bridgehead atoms. The van der Waals surface area contributed by atoms with Crippen LogP contribution in [0.25, 0.3) is 10.9 Å². The predicted octanol–water partition coefficient (Wildman–Crippen LogP) is 5.38. The molecule has 1 saturated heterocycles. The van der Waals surface area contributed by atoms with Crippen molar-refractivity contribution in [1.82, 2.24) is 9.47 Å². The van der Waals surface area contributed by atoms with Crippen molar-refractivity contribution in [3.63, 3.8) is 0 Å². The standard InChI is InChI=1S/C26H29F2N3O.ClH/c1-26(2)22-14-18(27)5-7-23(22)31(25(26)32)13-12-30-10-8-17(9-11-30)21-16-29(3)24-15-19(28)4-6-20(21)24;/h4-7,14-17H,8-13H2,1-3H3;1H. The van der Waals surface area contributed by atoms with Crippen LogP contribution in [0.4, 0.5) is 14.5 Å². The molecule has 0 atom stereocenters. The number of nitrogens with zero attached hydrogens (tertiary/aromatic N) is 3. The number of likely N-dealkylation sites (tertiary alicyclic amines) is 1. The first kappa shape index (κ1) is 23.7. The Morgan fingerprint density at radius 1 is 1.00 bits per heavy atom. The number of amides is 1. The molecule has 0 unspecified atom stereocenters.